The van der Waals surface area contributed by atoms with Gasteiger partial charge < -0.3 is 20.9 Å². The smallest absolute Gasteiger partial charge is 0.336 e. The van der Waals surface area contributed by atoms with Crippen molar-refractivity contribution in [3.63, 3.8) is 0 Å². The molecule has 1 heterocycles. The third-order valence-corrected chi connectivity index (χ3v) is 2.31. The van der Waals surface area contributed by atoms with Crippen molar-refractivity contribution in [2.24, 2.45) is 0 Å². The van der Waals surface area contributed by atoms with Gasteiger partial charge in [-0.3, -0.25) is 9.48 Å². The fourth-order valence-corrected chi connectivity index (χ4v) is 1.38. The van der Waals surface area contributed by atoms with Gasteiger partial charge in [0.25, 0.3) is 5.91 Å². The normalized spacial score (nSPS) is 11.9. The number of aliphatic hydroxyl groups excluding tert-OH is 1. The van der Waals surface area contributed by atoms with E-state index in [4.69, 9.17) is 5.73 Å². The molecule has 1 rings (SSSR count). The molecule has 0 aromatic carbocycles. The van der Waals surface area contributed by atoms with Crippen LogP contribution in [0.5, 0.6) is 0 Å². The lowest BCUT2D eigenvalue weighted by atomic mass is 10.3. The Kier molecular flexibility index (Phi) is 4.67. The molecule has 0 aliphatic rings. The second-order valence-electron chi connectivity index (χ2n) is 3.51. The van der Waals surface area contributed by atoms with E-state index < -0.39 is 18.0 Å². The second kappa shape index (κ2) is 6.01. The number of carbonyl (C=O) groups excluding carboxylic acids is 2. The molecular weight excluding hydrogens is 240 g/mol. The van der Waals surface area contributed by atoms with Crippen LogP contribution in [0.25, 0.3) is 0 Å². The fraction of sp³-hybridized carbons (Fsp3) is 0.500. The number of aryl methyl sites for hydroxylation is 1. The lowest BCUT2D eigenvalue weighted by Crippen LogP contribution is -2.38. The van der Waals surface area contributed by atoms with Gasteiger partial charge in [0.2, 0.25) is 0 Å². The van der Waals surface area contributed by atoms with E-state index in [-0.39, 0.29) is 17.9 Å². The molecule has 1 amide bonds. The molecular formula is C10H16N4O4. The first-order valence-corrected chi connectivity index (χ1v) is 5.36. The maximum Gasteiger partial charge on any atom is 0.336 e. The zero-order valence-corrected chi connectivity index (χ0v) is 10.2. The van der Waals surface area contributed by atoms with Crippen molar-refractivity contribution in [1.29, 1.82) is 0 Å². The minimum absolute atomic E-state index is 0.203. The molecule has 1 aromatic heterocycles. The number of ether oxygens (including phenoxy) is 1. The van der Waals surface area contributed by atoms with Crippen LogP contribution >= 0.6 is 0 Å². The number of aliphatic hydroxyl groups is 1. The molecule has 0 bridgehead atoms. The van der Waals surface area contributed by atoms with Gasteiger partial charge in [0.1, 0.15) is 5.69 Å². The maximum absolute atomic E-state index is 11.8. The number of amides is 1. The van der Waals surface area contributed by atoms with Crippen LogP contribution in [0, 0.1) is 0 Å². The molecule has 18 heavy (non-hydrogen) atoms. The SMILES string of the molecule is CCn1ncc(N)c1C(=O)NCC(O)C(=O)OC. The van der Waals surface area contributed by atoms with Gasteiger partial charge in [-0.05, 0) is 6.92 Å². The van der Waals surface area contributed by atoms with E-state index in [9.17, 15) is 14.7 Å². The van der Waals surface area contributed by atoms with Crippen molar-refractivity contribution in [1.82, 2.24) is 15.1 Å². The van der Waals surface area contributed by atoms with Crippen LogP contribution in [0.1, 0.15) is 17.4 Å². The predicted molar refractivity (Wildman–Crippen MR) is 62.7 cm³/mol. The summed E-state index contributed by atoms with van der Waals surface area (Å²) in [5, 5.41) is 15.6. The quantitative estimate of drug-likeness (QED) is 0.566. The summed E-state index contributed by atoms with van der Waals surface area (Å²) in [4.78, 5) is 22.7. The van der Waals surface area contributed by atoms with Crippen LogP contribution in [0.4, 0.5) is 5.69 Å². The number of carbonyl (C=O) groups is 2. The van der Waals surface area contributed by atoms with Crippen LogP contribution in [-0.2, 0) is 16.1 Å². The van der Waals surface area contributed by atoms with Gasteiger partial charge in [-0.1, -0.05) is 0 Å². The molecule has 0 fully saturated rings. The number of methoxy groups -OCH3 is 1. The van der Waals surface area contributed by atoms with E-state index in [1.807, 2.05) is 6.92 Å². The lowest BCUT2D eigenvalue weighted by Gasteiger charge is -2.10. The Morgan fingerprint density at radius 3 is 2.89 bits per heavy atom. The van der Waals surface area contributed by atoms with E-state index in [0.29, 0.717) is 6.54 Å². The van der Waals surface area contributed by atoms with Gasteiger partial charge in [0.15, 0.2) is 6.10 Å². The zero-order valence-electron chi connectivity index (χ0n) is 10.2. The van der Waals surface area contributed by atoms with E-state index in [0.717, 1.165) is 7.11 Å². The fourth-order valence-electron chi connectivity index (χ4n) is 1.38. The summed E-state index contributed by atoms with van der Waals surface area (Å²) in [6.07, 6.45) is -0.0343. The average molecular weight is 256 g/mol. The number of rotatable bonds is 5. The number of nitrogens with two attached hydrogens (primary N) is 1. The van der Waals surface area contributed by atoms with Gasteiger partial charge in [0.05, 0.1) is 25.5 Å². The minimum Gasteiger partial charge on any atom is -0.467 e. The van der Waals surface area contributed by atoms with Crippen molar-refractivity contribution >= 4 is 17.6 Å². The first-order chi connectivity index (χ1) is 8.51. The molecule has 1 aromatic rings. The van der Waals surface area contributed by atoms with E-state index in [1.54, 1.807) is 0 Å². The highest BCUT2D eigenvalue weighted by Crippen LogP contribution is 2.10. The number of aromatic nitrogens is 2. The third-order valence-electron chi connectivity index (χ3n) is 2.31. The number of nitrogens with zero attached hydrogens (tertiary/aromatic N) is 2. The lowest BCUT2D eigenvalue weighted by molar-refractivity contribution is -0.149. The van der Waals surface area contributed by atoms with Crippen LogP contribution in [0.15, 0.2) is 6.20 Å². The molecule has 0 aliphatic heterocycles. The monoisotopic (exact) mass is 256 g/mol. The summed E-state index contributed by atoms with van der Waals surface area (Å²) in [6.45, 7) is 2.05. The standard InChI is InChI=1S/C10H16N4O4/c1-3-14-8(6(11)4-13-14)9(16)12-5-7(15)10(17)18-2/h4,7,15H,3,5,11H2,1-2H3,(H,12,16). The third kappa shape index (κ3) is 2.98. The molecule has 1 unspecified atom stereocenters. The van der Waals surface area contributed by atoms with Gasteiger partial charge in [-0.2, -0.15) is 5.10 Å². The van der Waals surface area contributed by atoms with Crippen LogP contribution in [-0.4, -0.2) is 46.5 Å². The first-order valence-electron chi connectivity index (χ1n) is 5.36. The van der Waals surface area contributed by atoms with E-state index >= 15 is 0 Å². The van der Waals surface area contributed by atoms with Crippen molar-refractivity contribution < 1.29 is 19.4 Å². The van der Waals surface area contributed by atoms with Crippen LogP contribution < -0.4 is 11.1 Å². The van der Waals surface area contributed by atoms with Crippen molar-refractivity contribution in [2.45, 2.75) is 19.6 Å². The number of nitrogens with one attached hydrogen (secondary N) is 1. The summed E-state index contributed by atoms with van der Waals surface area (Å²) in [5.74, 6) is -1.32. The summed E-state index contributed by atoms with van der Waals surface area (Å²) in [5.41, 5.74) is 6.05. The minimum atomic E-state index is -1.40. The van der Waals surface area contributed by atoms with Gasteiger partial charge in [-0.25, -0.2) is 4.79 Å². The number of hydrogen-bond acceptors (Lipinski definition) is 6. The molecule has 0 saturated carbocycles. The van der Waals surface area contributed by atoms with Crippen LogP contribution in [0.3, 0.4) is 0 Å². The van der Waals surface area contributed by atoms with Crippen molar-refractivity contribution in [2.75, 3.05) is 19.4 Å². The van der Waals surface area contributed by atoms with E-state index in [1.165, 1.54) is 10.9 Å². The molecule has 0 aliphatic carbocycles. The number of anilines is 1. The number of hydrogen-bond donors (Lipinski definition) is 3. The highest BCUT2D eigenvalue weighted by molar-refractivity contribution is 5.97. The number of esters is 1. The first kappa shape index (κ1) is 14.0. The predicted octanol–water partition coefficient (Wildman–Crippen LogP) is -1.25. The largest absolute Gasteiger partial charge is 0.467 e. The Morgan fingerprint density at radius 1 is 1.67 bits per heavy atom. The highest BCUT2D eigenvalue weighted by atomic mass is 16.5. The Morgan fingerprint density at radius 2 is 2.33 bits per heavy atom. The molecule has 8 heteroatoms. The van der Waals surface area contributed by atoms with E-state index in [2.05, 4.69) is 15.2 Å². The van der Waals surface area contributed by atoms with Crippen molar-refractivity contribution in [3.8, 4) is 0 Å². The van der Waals surface area contributed by atoms with Gasteiger partial charge >= 0.3 is 5.97 Å². The Balaban J connectivity index is 2.66. The second-order valence-corrected chi connectivity index (χ2v) is 3.51. The Hall–Kier alpha value is -2.09. The highest BCUT2D eigenvalue weighted by Gasteiger charge is 2.20. The molecule has 8 nitrogen and oxygen atoms in total. The summed E-state index contributed by atoms with van der Waals surface area (Å²) >= 11 is 0. The molecule has 0 spiro atoms. The summed E-state index contributed by atoms with van der Waals surface area (Å²) in [6, 6.07) is 0. The van der Waals surface area contributed by atoms with Crippen LogP contribution in [0.2, 0.25) is 0 Å². The van der Waals surface area contributed by atoms with Gasteiger partial charge in [-0.15, -0.1) is 0 Å². The van der Waals surface area contributed by atoms with Crippen molar-refractivity contribution in [3.05, 3.63) is 11.9 Å². The Labute approximate surface area is 104 Å². The zero-order chi connectivity index (χ0) is 13.7. The Bertz CT molecular complexity index is 443. The molecule has 1 atom stereocenters. The average Bonchev–Trinajstić information content (AvgIpc) is 2.75. The molecule has 0 radical (unpaired) electrons. The maximum atomic E-state index is 11.8. The molecule has 0 saturated heterocycles. The topological polar surface area (TPSA) is 119 Å². The van der Waals surface area contributed by atoms with Gasteiger partial charge in [0, 0.05) is 6.54 Å². The molecule has 100 valence electrons. The number of nitrogen functional groups attached to an aromatic ring is 1. The molecule has 4 N–H and O–H groups in total. The summed E-state index contributed by atoms with van der Waals surface area (Å²) in [7, 11) is 1.15. The summed E-state index contributed by atoms with van der Waals surface area (Å²) < 4.78 is 5.75.